The first-order chi connectivity index (χ1) is 6.37. The summed E-state index contributed by atoms with van der Waals surface area (Å²) in [5.74, 6) is 0. The van der Waals surface area contributed by atoms with Crippen LogP contribution >= 0.6 is 12.2 Å². The number of rotatable bonds is 3. The number of aliphatic imine (C=N–C) groups is 1. The fourth-order valence-electron chi connectivity index (χ4n) is 1.58. The summed E-state index contributed by atoms with van der Waals surface area (Å²) in [6.45, 7) is 0.778. The second kappa shape index (κ2) is 3.36. The van der Waals surface area contributed by atoms with Gasteiger partial charge in [0, 0.05) is 17.8 Å². The maximum Gasteiger partial charge on any atom is 0.0589 e. The monoisotopic (exact) mass is 190 g/mol. The highest BCUT2D eigenvalue weighted by Crippen LogP contribution is 2.48. The molecule has 1 aromatic heterocycles. The second-order valence-corrected chi connectivity index (χ2v) is 3.61. The zero-order valence-corrected chi connectivity index (χ0v) is 8.05. The van der Waals surface area contributed by atoms with Crippen LogP contribution in [-0.4, -0.2) is 16.7 Å². The van der Waals surface area contributed by atoms with Crippen LogP contribution in [0.1, 0.15) is 18.4 Å². The molecule has 0 atom stereocenters. The Hall–Kier alpha value is -1.05. The summed E-state index contributed by atoms with van der Waals surface area (Å²) < 4.78 is 0. The molecule has 0 aliphatic heterocycles. The van der Waals surface area contributed by atoms with Gasteiger partial charge in [-0.3, -0.25) is 4.98 Å². The normalized spacial score (nSPS) is 17.5. The second-order valence-electron chi connectivity index (χ2n) is 3.42. The van der Waals surface area contributed by atoms with E-state index in [2.05, 4.69) is 39.5 Å². The van der Waals surface area contributed by atoms with Crippen LogP contribution in [0.15, 0.2) is 29.5 Å². The van der Waals surface area contributed by atoms with Crippen molar-refractivity contribution in [3.05, 3.63) is 30.1 Å². The Morgan fingerprint density at radius 3 is 2.69 bits per heavy atom. The minimum absolute atomic E-state index is 0.259. The molecule has 2 rings (SSSR count). The first-order valence-electron chi connectivity index (χ1n) is 4.32. The number of aromatic nitrogens is 1. The van der Waals surface area contributed by atoms with Gasteiger partial charge in [-0.2, -0.15) is 0 Å². The van der Waals surface area contributed by atoms with Crippen molar-refractivity contribution < 1.29 is 0 Å². The van der Waals surface area contributed by atoms with Gasteiger partial charge in [0.2, 0.25) is 0 Å². The van der Waals surface area contributed by atoms with Crippen molar-refractivity contribution in [2.75, 3.05) is 6.54 Å². The number of hydrogen-bond acceptors (Lipinski definition) is 3. The van der Waals surface area contributed by atoms with Gasteiger partial charge in [-0.1, -0.05) is 0 Å². The van der Waals surface area contributed by atoms with E-state index in [1.165, 1.54) is 18.4 Å². The van der Waals surface area contributed by atoms with Crippen molar-refractivity contribution in [2.45, 2.75) is 18.3 Å². The number of nitrogens with zero attached hydrogens (tertiary/aromatic N) is 2. The maximum atomic E-state index is 4.57. The van der Waals surface area contributed by atoms with Gasteiger partial charge in [0.15, 0.2) is 0 Å². The lowest BCUT2D eigenvalue weighted by molar-refractivity contribution is 0.707. The number of pyridine rings is 1. The van der Waals surface area contributed by atoms with Crippen LogP contribution in [-0.2, 0) is 5.41 Å². The highest BCUT2D eigenvalue weighted by molar-refractivity contribution is 7.78. The number of isothiocyanates is 1. The van der Waals surface area contributed by atoms with Crippen molar-refractivity contribution in [3.8, 4) is 0 Å². The first kappa shape index (κ1) is 8.54. The van der Waals surface area contributed by atoms with E-state index >= 15 is 0 Å². The summed E-state index contributed by atoms with van der Waals surface area (Å²) in [7, 11) is 0. The van der Waals surface area contributed by atoms with Crippen LogP contribution < -0.4 is 0 Å². The smallest absolute Gasteiger partial charge is 0.0589 e. The molecule has 1 heterocycles. The fraction of sp³-hybridized carbons (Fsp3) is 0.400. The average Bonchev–Trinajstić information content (AvgIpc) is 2.97. The Labute approximate surface area is 82.7 Å². The molecular formula is C10H10N2S. The molecule has 13 heavy (non-hydrogen) atoms. The highest BCUT2D eigenvalue weighted by atomic mass is 32.1. The average molecular weight is 190 g/mol. The number of hydrogen-bond donors (Lipinski definition) is 0. The summed E-state index contributed by atoms with van der Waals surface area (Å²) in [6.07, 6.45) is 6.07. The van der Waals surface area contributed by atoms with Crippen LogP contribution in [0.3, 0.4) is 0 Å². The molecule has 66 valence electrons. The highest BCUT2D eigenvalue weighted by Gasteiger charge is 2.43. The third-order valence-electron chi connectivity index (χ3n) is 2.59. The molecule has 0 N–H and O–H groups in total. The van der Waals surface area contributed by atoms with Gasteiger partial charge in [0.1, 0.15) is 0 Å². The molecule has 0 unspecified atom stereocenters. The van der Waals surface area contributed by atoms with Crippen molar-refractivity contribution in [1.82, 2.24) is 4.98 Å². The van der Waals surface area contributed by atoms with Crippen LogP contribution in [0.4, 0.5) is 0 Å². The van der Waals surface area contributed by atoms with Crippen LogP contribution in [0, 0.1) is 0 Å². The summed E-state index contributed by atoms with van der Waals surface area (Å²) in [4.78, 5) is 8.03. The van der Waals surface area contributed by atoms with Crippen LogP contribution in [0.2, 0.25) is 0 Å². The molecule has 1 aromatic rings. The van der Waals surface area contributed by atoms with E-state index in [1.807, 2.05) is 12.4 Å². The molecule has 1 aliphatic carbocycles. The lowest BCUT2D eigenvalue weighted by atomic mass is 9.98. The molecule has 0 aromatic carbocycles. The van der Waals surface area contributed by atoms with Gasteiger partial charge >= 0.3 is 0 Å². The minimum atomic E-state index is 0.259. The third-order valence-corrected chi connectivity index (χ3v) is 2.72. The molecule has 0 bridgehead atoms. The van der Waals surface area contributed by atoms with Crippen molar-refractivity contribution in [1.29, 1.82) is 0 Å². The predicted octanol–water partition coefficient (Wildman–Crippen LogP) is 2.22. The predicted molar refractivity (Wildman–Crippen MR) is 55.0 cm³/mol. The zero-order chi connectivity index (χ0) is 9.15. The fourth-order valence-corrected chi connectivity index (χ4v) is 1.64. The third kappa shape index (κ3) is 1.67. The van der Waals surface area contributed by atoms with Crippen molar-refractivity contribution in [3.63, 3.8) is 0 Å². The van der Waals surface area contributed by atoms with Gasteiger partial charge in [-0.05, 0) is 42.8 Å². The molecule has 0 amide bonds. The number of thiocarbonyl (C=S) groups is 1. The van der Waals surface area contributed by atoms with Crippen molar-refractivity contribution >= 4 is 17.4 Å². The molecule has 0 saturated heterocycles. The SMILES string of the molecule is S=C=NCC1(c2ccncc2)CC1. The quantitative estimate of drug-likeness (QED) is 0.539. The van der Waals surface area contributed by atoms with E-state index in [9.17, 15) is 0 Å². The summed E-state index contributed by atoms with van der Waals surface area (Å²) in [5.41, 5.74) is 1.59. The van der Waals surface area contributed by atoms with E-state index < -0.39 is 0 Å². The molecule has 0 spiro atoms. The maximum absolute atomic E-state index is 4.57. The van der Waals surface area contributed by atoms with Gasteiger partial charge in [0.05, 0.1) is 11.7 Å². The van der Waals surface area contributed by atoms with Crippen LogP contribution in [0.5, 0.6) is 0 Å². The van der Waals surface area contributed by atoms with E-state index in [4.69, 9.17) is 0 Å². The zero-order valence-electron chi connectivity index (χ0n) is 7.23. The molecule has 3 heteroatoms. The molecule has 1 aliphatic rings. The summed E-state index contributed by atoms with van der Waals surface area (Å²) in [5, 5.41) is 2.43. The molecule has 0 radical (unpaired) electrons. The Morgan fingerprint density at radius 2 is 2.15 bits per heavy atom. The van der Waals surface area contributed by atoms with Crippen molar-refractivity contribution in [2.24, 2.45) is 4.99 Å². The lowest BCUT2D eigenvalue weighted by Gasteiger charge is -2.10. The van der Waals surface area contributed by atoms with Gasteiger partial charge in [0.25, 0.3) is 0 Å². The minimum Gasteiger partial charge on any atom is -0.265 e. The molecule has 1 saturated carbocycles. The van der Waals surface area contributed by atoms with Gasteiger partial charge in [-0.15, -0.1) is 0 Å². The lowest BCUT2D eigenvalue weighted by Crippen LogP contribution is -2.10. The summed E-state index contributed by atoms with van der Waals surface area (Å²) >= 11 is 4.57. The molecule has 1 fully saturated rings. The Morgan fingerprint density at radius 1 is 1.46 bits per heavy atom. The van der Waals surface area contributed by atoms with E-state index in [1.54, 1.807) is 0 Å². The Bertz CT molecular complexity index is 337. The standard InChI is InChI=1S/C10H10N2S/c13-8-12-7-10(3-4-10)9-1-5-11-6-2-9/h1-2,5-6H,3-4,7H2. The van der Waals surface area contributed by atoms with E-state index in [-0.39, 0.29) is 5.41 Å². The Balaban J connectivity index is 2.21. The van der Waals surface area contributed by atoms with Crippen LogP contribution in [0.25, 0.3) is 0 Å². The van der Waals surface area contributed by atoms with E-state index in [0.29, 0.717) is 0 Å². The molecular weight excluding hydrogens is 180 g/mol. The molecule has 2 nitrogen and oxygen atoms in total. The van der Waals surface area contributed by atoms with E-state index in [0.717, 1.165) is 6.54 Å². The largest absolute Gasteiger partial charge is 0.265 e. The topological polar surface area (TPSA) is 25.2 Å². The van der Waals surface area contributed by atoms with Gasteiger partial charge < -0.3 is 0 Å². The Kier molecular flexibility index (Phi) is 2.21. The van der Waals surface area contributed by atoms with Gasteiger partial charge in [-0.25, -0.2) is 4.99 Å². The summed E-state index contributed by atoms with van der Waals surface area (Å²) in [6, 6.07) is 4.12. The first-order valence-corrected chi connectivity index (χ1v) is 4.72.